The molecule has 29 heavy (non-hydrogen) atoms. The molecule has 7 heteroatoms. The highest BCUT2D eigenvalue weighted by Crippen LogP contribution is 2.30. The third-order valence-corrected chi connectivity index (χ3v) is 4.77. The van der Waals surface area contributed by atoms with Gasteiger partial charge in [-0.05, 0) is 37.4 Å². The summed E-state index contributed by atoms with van der Waals surface area (Å²) >= 11 is 0. The van der Waals surface area contributed by atoms with Crippen molar-refractivity contribution in [2.24, 2.45) is 0 Å². The Morgan fingerprint density at radius 1 is 0.966 bits per heavy atom. The van der Waals surface area contributed by atoms with Crippen molar-refractivity contribution in [1.29, 1.82) is 0 Å². The molecule has 1 aromatic heterocycles. The number of anilines is 2. The molecule has 1 amide bonds. The molecule has 0 bridgehead atoms. The SMILES string of the molecule is CN1CCN(C(=O)c2ccnc(Nc3ccccc3Oc3ccccc3)n2)CC1. The van der Waals surface area contributed by atoms with E-state index in [-0.39, 0.29) is 5.91 Å². The number of ether oxygens (including phenoxy) is 1. The number of hydrogen-bond donors (Lipinski definition) is 1. The number of likely N-dealkylation sites (N-methyl/N-ethyl adjacent to an activating group) is 1. The topological polar surface area (TPSA) is 70.6 Å². The summed E-state index contributed by atoms with van der Waals surface area (Å²) in [5, 5.41) is 3.17. The van der Waals surface area contributed by atoms with Gasteiger partial charge >= 0.3 is 0 Å². The van der Waals surface area contributed by atoms with Crippen molar-refractivity contribution in [2.75, 3.05) is 38.5 Å². The number of nitrogens with one attached hydrogen (secondary N) is 1. The van der Waals surface area contributed by atoms with Crippen molar-refractivity contribution >= 4 is 17.5 Å². The van der Waals surface area contributed by atoms with Crippen molar-refractivity contribution in [1.82, 2.24) is 19.8 Å². The van der Waals surface area contributed by atoms with E-state index in [1.165, 1.54) is 0 Å². The van der Waals surface area contributed by atoms with Crippen LogP contribution in [0.25, 0.3) is 0 Å². The Morgan fingerprint density at radius 2 is 1.69 bits per heavy atom. The zero-order valence-corrected chi connectivity index (χ0v) is 16.3. The van der Waals surface area contributed by atoms with E-state index in [1.54, 1.807) is 12.3 Å². The molecule has 7 nitrogen and oxygen atoms in total. The van der Waals surface area contributed by atoms with Gasteiger partial charge in [0, 0.05) is 32.4 Å². The Morgan fingerprint density at radius 3 is 2.48 bits per heavy atom. The first kappa shape index (κ1) is 18.9. The number of para-hydroxylation sites is 3. The van der Waals surface area contributed by atoms with Gasteiger partial charge in [-0.25, -0.2) is 9.97 Å². The summed E-state index contributed by atoms with van der Waals surface area (Å²) < 4.78 is 5.97. The van der Waals surface area contributed by atoms with Gasteiger partial charge in [0.2, 0.25) is 5.95 Å². The van der Waals surface area contributed by atoms with Gasteiger partial charge in [-0.3, -0.25) is 4.79 Å². The van der Waals surface area contributed by atoms with Gasteiger partial charge in [0.05, 0.1) is 5.69 Å². The zero-order valence-electron chi connectivity index (χ0n) is 16.3. The monoisotopic (exact) mass is 389 g/mol. The van der Waals surface area contributed by atoms with Gasteiger partial charge in [0.1, 0.15) is 11.4 Å². The number of benzene rings is 2. The Kier molecular flexibility index (Phi) is 5.67. The predicted octanol–water partition coefficient (Wildman–Crippen LogP) is 3.40. The Hall–Kier alpha value is -3.45. The molecule has 1 fully saturated rings. The van der Waals surface area contributed by atoms with E-state index in [9.17, 15) is 4.79 Å². The van der Waals surface area contributed by atoms with Crippen molar-refractivity contribution < 1.29 is 9.53 Å². The average molecular weight is 389 g/mol. The average Bonchev–Trinajstić information content (AvgIpc) is 2.76. The van der Waals surface area contributed by atoms with Gasteiger partial charge in [-0.1, -0.05) is 30.3 Å². The Bertz CT molecular complexity index is 972. The summed E-state index contributed by atoms with van der Waals surface area (Å²) in [6.45, 7) is 3.14. The largest absolute Gasteiger partial charge is 0.455 e. The molecule has 0 atom stereocenters. The van der Waals surface area contributed by atoms with E-state index >= 15 is 0 Å². The third-order valence-electron chi connectivity index (χ3n) is 4.77. The summed E-state index contributed by atoms with van der Waals surface area (Å²) in [5.41, 5.74) is 1.11. The van der Waals surface area contributed by atoms with E-state index < -0.39 is 0 Å². The van der Waals surface area contributed by atoms with Crippen LogP contribution >= 0.6 is 0 Å². The molecule has 148 valence electrons. The fraction of sp³-hybridized carbons (Fsp3) is 0.227. The fourth-order valence-corrected chi connectivity index (χ4v) is 3.10. The summed E-state index contributed by atoms with van der Waals surface area (Å²) in [4.78, 5) is 25.5. The van der Waals surface area contributed by atoms with E-state index in [2.05, 4.69) is 27.2 Å². The quantitative estimate of drug-likeness (QED) is 0.721. The molecule has 1 N–H and O–H groups in total. The number of aromatic nitrogens is 2. The summed E-state index contributed by atoms with van der Waals surface area (Å²) in [5.74, 6) is 1.67. The second-order valence-corrected chi connectivity index (χ2v) is 6.90. The van der Waals surface area contributed by atoms with Crippen molar-refractivity contribution in [3.63, 3.8) is 0 Å². The lowest BCUT2D eigenvalue weighted by Crippen LogP contribution is -2.47. The number of carbonyl (C=O) groups is 1. The Balaban J connectivity index is 1.51. The number of rotatable bonds is 5. The minimum absolute atomic E-state index is 0.0719. The smallest absolute Gasteiger partial charge is 0.272 e. The van der Waals surface area contributed by atoms with Gasteiger partial charge in [-0.2, -0.15) is 0 Å². The normalized spacial score (nSPS) is 14.4. The maximum Gasteiger partial charge on any atom is 0.272 e. The number of piperazine rings is 1. The van der Waals surface area contributed by atoms with Crippen LogP contribution in [0.5, 0.6) is 11.5 Å². The van der Waals surface area contributed by atoms with Crippen LogP contribution in [0.4, 0.5) is 11.6 Å². The van der Waals surface area contributed by atoms with Crippen molar-refractivity contribution in [3.05, 3.63) is 72.6 Å². The van der Waals surface area contributed by atoms with Crippen LogP contribution in [0.15, 0.2) is 66.9 Å². The summed E-state index contributed by atoms with van der Waals surface area (Å²) in [6, 6.07) is 18.8. The minimum atomic E-state index is -0.0719. The zero-order chi connectivity index (χ0) is 20.1. The standard InChI is InChI=1S/C22H23N5O2/c1-26-13-15-27(16-14-26)21(28)19-11-12-23-22(25-19)24-18-9-5-6-10-20(18)29-17-7-3-2-4-8-17/h2-12H,13-16H2,1H3,(H,23,24,25). The first-order valence-electron chi connectivity index (χ1n) is 9.59. The molecule has 3 aromatic rings. The highest BCUT2D eigenvalue weighted by Gasteiger charge is 2.21. The summed E-state index contributed by atoms with van der Waals surface area (Å²) in [6.07, 6.45) is 1.60. The van der Waals surface area contributed by atoms with E-state index in [0.29, 0.717) is 30.5 Å². The first-order chi connectivity index (χ1) is 14.2. The summed E-state index contributed by atoms with van der Waals surface area (Å²) in [7, 11) is 2.06. The second kappa shape index (κ2) is 8.70. The predicted molar refractivity (Wildman–Crippen MR) is 112 cm³/mol. The fourth-order valence-electron chi connectivity index (χ4n) is 3.10. The van der Waals surface area contributed by atoms with Crippen LogP contribution < -0.4 is 10.1 Å². The van der Waals surface area contributed by atoms with Crippen molar-refractivity contribution in [2.45, 2.75) is 0 Å². The molecule has 0 saturated carbocycles. The van der Waals surface area contributed by atoms with E-state index in [0.717, 1.165) is 24.5 Å². The van der Waals surface area contributed by atoms with Crippen LogP contribution in [0, 0.1) is 0 Å². The van der Waals surface area contributed by atoms with Gasteiger partial charge in [-0.15, -0.1) is 0 Å². The lowest BCUT2D eigenvalue weighted by molar-refractivity contribution is 0.0658. The Labute approximate surface area is 170 Å². The highest BCUT2D eigenvalue weighted by atomic mass is 16.5. The third kappa shape index (κ3) is 4.70. The van der Waals surface area contributed by atoms with Gasteiger partial charge in [0.15, 0.2) is 5.75 Å². The van der Waals surface area contributed by atoms with Crippen molar-refractivity contribution in [3.8, 4) is 11.5 Å². The first-order valence-corrected chi connectivity index (χ1v) is 9.59. The molecule has 1 aliphatic rings. The van der Waals surface area contributed by atoms with E-state index in [1.807, 2.05) is 59.5 Å². The van der Waals surface area contributed by atoms with Crippen LogP contribution in [0.2, 0.25) is 0 Å². The molecule has 1 saturated heterocycles. The molecule has 0 unspecified atom stereocenters. The lowest BCUT2D eigenvalue weighted by atomic mass is 10.2. The van der Waals surface area contributed by atoms with Crippen LogP contribution in [-0.2, 0) is 0 Å². The van der Waals surface area contributed by atoms with E-state index in [4.69, 9.17) is 4.74 Å². The number of hydrogen-bond acceptors (Lipinski definition) is 6. The molecule has 2 heterocycles. The van der Waals surface area contributed by atoms with Crippen LogP contribution in [0.3, 0.4) is 0 Å². The van der Waals surface area contributed by atoms with Gasteiger partial charge < -0.3 is 19.9 Å². The minimum Gasteiger partial charge on any atom is -0.455 e. The molecular formula is C22H23N5O2. The molecule has 1 aliphatic heterocycles. The molecule has 0 aliphatic carbocycles. The molecule has 4 rings (SSSR count). The van der Waals surface area contributed by atoms with Gasteiger partial charge in [0.25, 0.3) is 5.91 Å². The molecule has 0 radical (unpaired) electrons. The second-order valence-electron chi connectivity index (χ2n) is 6.90. The maximum absolute atomic E-state index is 12.8. The lowest BCUT2D eigenvalue weighted by Gasteiger charge is -2.32. The van der Waals surface area contributed by atoms with Crippen LogP contribution in [0.1, 0.15) is 10.5 Å². The maximum atomic E-state index is 12.8. The molecular weight excluding hydrogens is 366 g/mol. The number of nitrogens with zero attached hydrogens (tertiary/aromatic N) is 4. The number of carbonyl (C=O) groups excluding carboxylic acids is 1. The molecule has 2 aromatic carbocycles. The molecule has 0 spiro atoms. The van der Waals surface area contributed by atoms with Crippen LogP contribution in [-0.4, -0.2) is 58.9 Å². The number of amides is 1. The highest BCUT2D eigenvalue weighted by molar-refractivity contribution is 5.92.